The lowest BCUT2D eigenvalue weighted by atomic mass is 10.1. The second kappa shape index (κ2) is 7.33. The minimum absolute atomic E-state index is 0.0723. The Hall–Kier alpha value is -2.18. The van der Waals surface area contributed by atoms with Crippen LogP contribution < -0.4 is 5.32 Å². The predicted molar refractivity (Wildman–Crippen MR) is 106 cm³/mol. The van der Waals surface area contributed by atoms with Crippen LogP contribution in [-0.2, 0) is 26.5 Å². The summed E-state index contributed by atoms with van der Waals surface area (Å²) in [6.45, 7) is 0.934. The minimum Gasteiger partial charge on any atom is -0.337 e. The molecule has 28 heavy (non-hydrogen) atoms. The smallest absolute Gasteiger partial charge is 0.330 e. The van der Waals surface area contributed by atoms with Gasteiger partial charge in [0.05, 0.1) is 9.73 Å². The van der Waals surface area contributed by atoms with Gasteiger partial charge >= 0.3 is 16.2 Å². The summed E-state index contributed by atoms with van der Waals surface area (Å²) in [5, 5.41) is 2.82. The summed E-state index contributed by atoms with van der Waals surface area (Å²) in [4.78, 5) is 27.7. The average Bonchev–Trinajstić information content (AvgIpc) is 2.89. The van der Waals surface area contributed by atoms with Crippen LogP contribution >= 0.6 is 0 Å². The van der Waals surface area contributed by atoms with E-state index < -0.39 is 19.9 Å². The maximum atomic E-state index is 12.6. The first-order valence-corrected chi connectivity index (χ1v) is 12.3. The Kier molecular flexibility index (Phi) is 5.38. The minimum atomic E-state index is -3.99. The van der Waals surface area contributed by atoms with Crippen molar-refractivity contribution in [3.63, 3.8) is 0 Å². The Balaban J connectivity index is 1.66. The summed E-state index contributed by atoms with van der Waals surface area (Å²) in [6, 6.07) is 4.81. The van der Waals surface area contributed by atoms with Crippen molar-refractivity contribution in [1.29, 1.82) is 0 Å². The number of piperazine rings is 1. The molecule has 1 aromatic rings. The lowest BCUT2D eigenvalue weighted by molar-refractivity contribution is 0.0816. The molecule has 154 valence electrons. The molecule has 0 spiro atoms. The molecule has 0 bridgehead atoms. The molecule has 0 aliphatic carbocycles. The number of fused-ring (bicyclic) bond motifs is 1. The third-order valence-electron chi connectivity index (χ3n) is 4.52. The van der Waals surface area contributed by atoms with Gasteiger partial charge in [-0.15, -0.1) is 0 Å². The maximum absolute atomic E-state index is 12.6. The van der Waals surface area contributed by atoms with E-state index in [1.54, 1.807) is 30.1 Å². The standard InChI is InChI=1S/C16H23N5O5S2/c1-19-11-13-12(15(19)22)5-4-6-14(13)17-16(23)20-7-9-21(10-8-20)28(25,26)18-27(2,3)24/h4-6H,7-11H2,1-3H3,(H,17,23). The van der Waals surface area contributed by atoms with Gasteiger partial charge in [-0.1, -0.05) is 9.83 Å². The van der Waals surface area contributed by atoms with E-state index in [1.165, 1.54) is 17.4 Å². The normalized spacial score (nSPS) is 18.2. The fourth-order valence-electron chi connectivity index (χ4n) is 3.18. The van der Waals surface area contributed by atoms with Crippen molar-refractivity contribution in [2.24, 2.45) is 3.77 Å². The average molecular weight is 430 g/mol. The van der Waals surface area contributed by atoms with Gasteiger partial charge in [0.15, 0.2) is 0 Å². The molecule has 0 unspecified atom stereocenters. The Morgan fingerprint density at radius 2 is 1.75 bits per heavy atom. The van der Waals surface area contributed by atoms with E-state index in [1.807, 2.05) is 0 Å². The van der Waals surface area contributed by atoms with Crippen molar-refractivity contribution < 1.29 is 22.2 Å². The van der Waals surface area contributed by atoms with Gasteiger partial charge in [0, 0.05) is 69.1 Å². The van der Waals surface area contributed by atoms with Crippen molar-refractivity contribution >= 4 is 37.6 Å². The first kappa shape index (κ1) is 20.6. The molecule has 12 heteroatoms. The number of nitrogens with zero attached hydrogens (tertiary/aromatic N) is 4. The molecule has 2 aliphatic heterocycles. The van der Waals surface area contributed by atoms with Crippen molar-refractivity contribution in [1.82, 2.24) is 14.1 Å². The van der Waals surface area contributed by atoms with Gasteiger partial charge < -0.3 is 15.1 Å². The highest BCUT2D eigenvalue weighted by molar-refractivity contribution is 8.01. The number of urea groups is 1. The fourth-order valence-corrected chi connectivity index (χ4v) is 6.00. The Bertz CT molecular complexity index is 1030. The van der Waals surface area contributed by atoms with E-state index in [2.05, 4.69) is 9.08 Å². The first-order valence-electron chi connectivity index (χ1n) is 8.60. The van der Waals surface area contributed by atoms with E-state index in [0.29, 0.717) is 17.8 Å². The topological polar surface area (TPSA) is 119 Å². The number of anilines is 1. The van der Waals surface area contributed by atoms with E-state index in [0.717, 1.165) is 9.87 Å². The Labute approximate surface area is 164 Å². The van der Waals surface area contributed by atoms with Gasteiger partial charge in [-0.05, 0) is 12.1 Å². The molecule has 0 aromatic heterocycles. The summed E-state index contributed by atoms with van der Waals surface area (Å²) >= 11 is 0. The zero-order valence-corrected chi connectivity index (χ0v) is 17.5. The molecule has 1 saturated heterocycles. The molecule has 1 fully saturated rings. The number of hydrogen-bond acceptors (Lipinski definition) is 5. The van der Waals surface area contributed by atoms with Crippen molar-refractivity contribution in [2.75, 3.05) is 51.1 Å². The lowest BCUT2D eigenvalue weighted by Gasteiger charge is -2.33. The zero-order chi connectivity index (χ0) is 20.7. The molecular weight excluding hydrogens is 406 g/mol. The monoisotopic (exact) mass is 429 g/mol. The van der Waals surface area contributed by atoms with Crippen molar-refractivity contribution in [3.8, 4) is 0 Å². The van der Waals surface area contributed by atoms with Crippen LogP contribution in [-0.4, -0.2) is 84.4 Å². The maximum Gasteiger partial charge on any atom is 0.330 e. The molecule has 1 N–H and O–H groups in total. The molecule has 0 atom stereocenters. The van der Waals surface area contributed by atoms with Crippen LogP contribution in [0.4, 0.5) is 10.5 Å². The van der Waals surface area contributed by atoms with Crippen LogP contribution in [0.2, 0.25) is 0 Å². The third-order valence-corrected chi connectivity index (χ3v) is 7.72. The number of carbonyl (C=O) groups is 2. The SMILES string of the molecule is CN1Cc2c(NC(=O)N3CCN(S(=O)(=O)N=S(C)(C)=O)CC3)cccc2C1=O. The molecule has 2 heterocycles. The quantitative estimate of drug-likeness (QED) is 0.746. The summed E-state index contributed by atoms with van der Waals surface area (Å²) in [5.74, 6) is -0.0860. The molecular formula is C16H23N5O5S2. The molecule has 0 saturated carbocycles. The van der Waals surface area contributed by atoms with Crippen LogP contribution in [0.3, 0.4) is 0 Å². The third kappa shape index (κ3) is 4.28. The van der Waals surface area contributed by atoms with Crippen LogP contribution in [0.5, 0.6) is 0 Å². The summed E-state index contributed by atoms with van der Waals surface area (Å²) < 4.78 is 40.6. The fraction of sp³-hybridized carbons (Fsp3) is 0.500. The van der Waals surface area contributed by atoms with Crippen LogP contribution in [0, 0.1) is 0 Å². The number of hydrogen-bond donors (Lipinski definition) is 1. The van der Waals surface area contributed by atoms with Gasteiger partial charge in [0.2, 0.25) is 0 Å². The van der Waals surface area contributed by atoms with Crippen molar-refractivity contribution in [3.05, 3.63) is 29.3 Å². The van der Waals surface area contributed by atoms with Gasteiger partial charge in [-0.25, -0.2) is 9.00 Å². The first-order chi connectivity index (χ1) is 13.0. The Morgan fingerprint density at radius 1 is 1.11 bits per heavy atom. The van der Waals surface area contributed by atoms with Gasteiger partial charge in [-0.3, -0.25) is 4.79 Å². The van der Waals surface area contributed by atoms with Crippen LogP contribution in [0.25, 0.3) is 0 Å². The van der Waals surface area contributed by atoms with E-state index in [4.69, 9.17) is 0 Å². The molecule has 2 aliphatic rings. The van der Waals surface area contributed by atoms with E-state index in [-0.39, 0.29) is 38.1 Å². The van der Waals surface area contributed by atoms with E-state index in [9.17, 15) is 22.2 Å². The largest absolute Gasteiger partial charge is 0.337 e. The predicted octanol–water partition coefficient (Wildman–Crippen LogP) is 0.394. The van der Waals surface area contributed by atoms with E-state index >= 15 is 0 Å². The number of nitrogens with one attached hydrogen (secondary N) is 1. The van der Waals surface area contributed by atoms with Crippen LogP contribution in [0.15, 0.2) is 22.0 Å². The molecule has 3 amide bonds. The van der Waals surface area contributed by atoms with Gasteiger partial charge in [0.25, 0.3) is 5.91 Å². The van der Waals surface area contributed by atoms with Crippen molar-refractivity contribution in [2.45, 2.75) is 6.54 Å². The highest BCUT2D eigenvalue weighted by atomic mass is 32.3. The second-order valence-electron chi connectivity index (χ2n) is 7.04. The number of benzene rings is 1. The van der Waals surface area contributed by atoms with Gasteiger partial charge in [0.1, 0.15) is 0 Å². The second-order valence-corrected chi connectivity index (χ2v) is 11.4. The summed E-state index contributed by atoms with van der Waals surface area (Å²) in [5.41, 5.74) is 1.91. The summed E-state index contributed by atoms with van der Waals surface area (Å²) in [7, 11) is -5.09. The number of carbonyl (C=O) groups excluding carboxylic acids is 2. The number of rotatable bonds is 3. The van der Waals surface area contributed by atoms with Crippen LogP contribution in [0.1, 0.15) is 15.9 Å². The molecule has 10 nitrogen and oxygen atoms in total. The highest BCUT2D eigenvalue weighted by Crippen LogP contribution is 2.28. The van der Waals surface area contributed by atoms with Gasteiger partial charge in [-0.2, -0.15) is 12.7 Å². The number of amides is 3. The highest BCUT2D eigenvalue weighted by Gasteiger charge is 2.31. The molecule has 3 rings (SSSR count). The zero-order valence-electron chi connectivity index (χ0n) is 15.9. The Morgan fingerprint density at radius 3 is 2.36 bits per heavy atom. The molecule has 0 radical (unpaired) electrons. The lowest BCUT2D eigenvalue weighted by Crippen LogP contribution is -2.51. The summed E-state index contributed by atoms with van der Waals surface area (Å²) in [6.07, 6.45) is 2.52. The molecule has 1 aromatic carbocycles.